The molecule has 3 N–H and O–H groups in total. The van der Waals surface area contributed by atoms with E-state index in [-0.39, 0.29) is 5.91 Å². The number of rotatable bonds is 7. The highest BCUT2D eigenvalue weighted by Gasteiger charge is 2.51. The summed E-state index contributed by atoms with van der Waals surface area (Å²) in [6.07, 6.45) is 2.88. The quantitative estimate of drug-likeness (QED) is 0.392. The molecule has 214 valence electrons. The Morgan fingerprint density at radius 1 is 0.949 bits per heavy atom. The van der Waals surface area contributed by atoms with Crippen LogP contribution in [0, 0.1) is 26.7 Å². The third-order valence-corrected chi connectivity index (χ3v) is 9.00. The number of nitrogens with one attached hydrogen (secondary N) is 2. The van der Waals surface area contributed by atoms with Crippen LogP contribution in [0.2, 0.25) is 0 Å². The maximum atomic E-state index is 12.9. The summed E-state index contributed by atoms with van der Waals surface area (Å²) in [5.74, 6) is -2.04. The lowest BCUT2D eigenvalue weighted by molar-refractivity contribution is -0.192. The molecule has 0 bridgehead atoms. The van der Waals surface area contributed by atoms with Crippen molar-refractivity contribution in [1.82, 2.24) is 5.32 Å². The van der Waals surface area contributed by atoms with Crippen LogP contribution in [0.5, 0.6) is 0 Å². The number of hydrogen-bond donors (Lipinski definition) is 3. The molecule has 4 rings (SSSR count). The van der Waals surface area contributed by atoms with Crippen LogP contribution in [0.3, 0.4) is 0 Å². The molecule has 2 aromatic carbocycles. The van der Waals surface area contributed by atoms with Crippen molar-refractivity contribution >= 4 is 27.6 Å². The van der Waals surface area contributed by atoms with Gasteiger partial charge in [-0.1, -0.05) is 37.5 Å². The van der Waals surface area contributed by atoms with Crippen LogP contribution in [-0.4, -0.2) is 38.1 Å². The molecular formula is C28H35F3N2O5S. The molecular weight excluding hydrogens is 533 g/mol. The van der Waals surface area contributed by atoms with Crippen LogP contribution in [0.4, 0.5) is 18.9 Å². The molecule has 0 unspecified atom stereocenters. The number of anilines is 1. The van der Waals surface area contributed by atoms with Crippen molar-refractivity contribution < 1.29 is 36.3 Å². The number of amides is 1. The number of alkyl halides is 3. The summed E-state index contributed by atoms with van der Waals surface area (Å²) in [5, 5.41) is 10.3. The fourth-order valence-electron chi connectivity index (χ4n) is 4.86. The van der Waals surface area contributed by atoms with Crippen molar-refractivity contribution in [2.75, 3.05) is 11.3 Å². The van der Waals surface area contributed by atoms with Gasteiger partial charge in [-0.15, -0.1) is 0 Å². The first-order valence-electron chi connectivity index (χ1n) is 13.0. The van der Waals surface area contributed by atoms with Gasteiger partial charge in [0.05, 0.1) is 10.3 Å². The highest BCUT2D eigenvalue weighted by molar-refractivity contribution is 7.92. The van der Waals surface area contributed by atoms with Crippen LogP contribution in [0.15, 0.2) is 41.3 Å². The van der Waals surface area contributed by atoms with Gasteiger partial charge in [-0.05, 0) is 92.8 Å². The van der Waals surface area contributed by atoms with Gasteiger partial charge >= 0.3 is 12.1 Å². The number of carboxylic acids is 1. The minimum Gasteiger partial charge on any atom is -0.475 e. The maximum absolute atomic E-state index is 12.9. The molecule has 2 fully saturated rings. The highest BCUT2D eigenvalue weighted by Crippen LogP contribution is 2.48. The van der Waals surface area contributed by atoms with Crippen LogP contribution < -0.4 is 10.0 Å². The van der Waals surface area contributed by atoms with Crippen LogP contribution in [-0.2, 0) is 25.0 Å². The Labute approximate surface area is 227 Å². The lowest BCUT2D eigenvalue weighted by atomic mass is 9.88. The van der Waals surface area contributed by atoms with Gasteiger partial charge in [0.15, 0.2) is 0 Å². The van der Waals surface area contributed by atoms with Crippen molar-refractivity contribution in [2.24, 2.45) is 5.92 Å². The topological polar surface area (TPSA) is 113 Å². The van der Waals surface area contributed by atoms with Crippen LogP contribution in [0.25, 0.3) is 0 Å². The van der Waals surface area contributed by atoms with E-state index in [0.29, 0.717) is 16.5 Å². The Kier molecular flexibility index (Phi) is 9.35. The molecule has 2 aromatic rings. The van der Waals surface area contributed by atoms with Gasteiger partial charge in [0.1, 0.15) is 0 Å². The number of hydrogen-bond acceptors (Lipinski definition) is 4. The summed E-state index contributed by atoms with van der Waals surface area (Å²) in [7, 11) is -3.68. The molecule has 0 radical (unpaired) electrons. The smallest absolute Gasteiger partial charge is 0.475 e. The lowest BCUT2D eigenvalue weighted by Crippen LogP contribution is -2.38. The van der Waals surface area contributed by atoms with Gasteiger partial charge in [-0.25, -0.2) is 13.2 Å². The summed E-state index contributed by atoms with van der Waals surface area (Å²) in [6.45, 7) is 6.47. The fraction of sp³-hybridized carbons (Fsp3) is 0.500. The zero-order valence-electron chi connectivity index (χ0n) is 22.3. The first kappa shape index (κ1) is 30.5. The molecule has 2 aliphatic carbocycles. The zero-order valence-corrected chi connectivity index (χ0v) is 23.1. The van der Waals surface area contributed by atoms with Crippen molar-refractivity contribution in [1.29, 1.82) is 0 Å². The number of carboxylic acid groups (broad SMARTS) is 1. The van der Waals surface area contributed by atoms with E-state index < -0.39 is 27.6 Å². The van der Waals surface area contributed by atoms with Gasteiger partial charge in [0.25, 0.3) is 10.0 Å². The van der Waals surface area contributed by atoms with Crippen molar-refractivity contribution in [3.63, 3.8) is 0 Å². The normalized spacial score (nSPS) is 17.0. The van der Waals surface area contributed by atoms with Crippen LogP contribution >= 0.6 is 0 Å². The van der Waals surface area contributed by atoms with Crippen LogP contribution in [0.1, 0.15) is 67.2 Å². The number of halogens is 3. The van der Waals surface area contributed by atoms with E-state index in [1.807, 2.05) is 39.0 Å². The molecule has 0 spiro atoms. The van der Waals surface area contributed by atoms with E-state index in [4.69, 9.17) is 9.90 Å². The van der Waals surface area contributed by atoms with Crippen molar-refractivity contribution in [3.8, 4) is 0 Å². The molecule has 0 heterocycles. The molecule has 2 aliphatic rings. The van der Waals surface area contributed by atoms with Gasteiger partial charge in [-0.3, -0.25) is 9.52 Å². The molecule has 2 saturated carbocycles. The minimum atomic E-state index is -5.08. The van der Waals surface area contributed by atoms with E-state index in [1.165, 1.54) is 32.1 Å². The first-order valence-corrected chi connectivity index (χ1v) is 14.4. The molecule has 0 atom stereocenters. The van der Waals surface area contributed by atoms with E-state index in [9.17, 15) is 26.4 Å². The Hall–Kier alpha value is -3.08. The number of benzene rings is 2. The second-order valence-corrected chi connectivity index (χ2v) is 12.1. The first-order chi connectivity index (χ1) is 18.2. The number of aryl methyl sites for hydroxylation is 3. The van der Waals surface area contributed by atoms with E-state index >= 15 is 0 Å². The predicted octanol–water partition coefficient (Wildman–Crippen LogP) is 5.77. The number of aliphatic carboxylic acids is 1. The molecule has 0 aliphatic heterocycles. The fourth-order valence-corrected chi connectivity index (χ4v) is 6.23. The molecule has 7 nitrogen and oxygen atoms in total. The predicted molar refractivity (Wildman–Crippen MR) is 142 cm³/mol. The van der Waals surface area contributed by atoms with E-state index in [1.54, 1.807) is 18.2 Å². The maximum Gasteiger partial charge on any atom is 0.490 e. The summed E-state index contributed by atoms with van der Waals surface area (Å²) in [4.78, 5) is 22.1. The average molecular weight is 569 g/mol. The van der Waals surface area contributed by atoms with Gasteiger partial charge in [0, 0.05) is 12.2 Å². The number of sulfonamides is 1. The molecule has 39 heavy (non-hydrogen) atoms. The SMILES string of the molecule is Cc1cc(C)c(S(=O)(=O)Nc2ccc(C3(C(=O)NCC4CCCCC4)CC3)cc2)cc1C.O=C(O)C(F)(F)F. The Balaban J connectivity index is 0.000000532. The van der Waals surface area contributed by atoms with Gasteiger partial charge in [0.2, 0.25) is 5.91 Å². The Morgan fingerprint density at radius 3 is 2.00 bits per heavy atom. The largest absolute Gasteiger partial charge is 0.490 e. The monoisotopic (exact) mass is 568 g/mol. The zero-order chi connectivity index (χ0) is 29.0. The third kappa shape index (κ3) is 7.74. The molecule has 0 aromatic heterocycles. The minimum absolute atomic E-state index is 0.113. The Bertz CT molecular complexity index is 1300. The number of carbonyl (C=O) groups excluding carboxylic acids is 1. The number of carbonyl (C=O) groups is 2. The Morgan fingerprint density at radius 2 is 1.49 bits per heavy atom. The second kappa shape index (κ2) is 12.0. The molecule has 0 saturated heterocycles. The summed E-state index contributed by atoms with van der Waals surface area (Å²) in [6, 6.07) is 10.9. The average Bonchev–Trinajstić information content (AvgIpc) is 3.67. The standard InChI is InChI=1S/C26H34N2O3S.C2HF3O2/c1-18-15-20(3)24(16-19(18)2)32(30,31)28-23-11-9-22(10-12-23)26(13-14-26)25(29)27-17-21-7-5-4-6-8-21;3-2(4,5)1(6)7/h9-12,15-16,21,28H,4-8,13-14,17H2,1-3H3,(H,27,29);(H,6,7). The van der Waals surface area contributed by atoms with Gasteiger partial charge in [-0.2, -0.15) is 13.2 Å². The highest BCUT2D eigenvalue weighted by atomic mass is 32.2. The molecule has 1 amide bonds. The lowest BCUT2D eigenvalue weighted by Gasteiger charge is -2.23. The van der Waals surface area contributed by atoms with E-state index in [0.717, 1.165) is 41.6 Å². The summed E-state index contributed by atoms with van der Waals surface area (Å²) in [5.41, 5.74) is 3.76. The van der Waals surface area contributed by atoms with Crippen molar-refractivity contribution in [2.45, 2.75) is 82.2 Å². The van der Waals surface area contributed by atoms with Gasteiger partial charge < -0.3 is 10.4 Å². The second-order valence-electron chi connectivity index (χ2n) is 10.5. The summed E-state index contributed by atoms with van der Waals surface area (Å²) < 4.78 is 60.3. The van der Waals surface area contributed by atoms with E-state index in [2.05, 4.69) is 10.0 Å². The summed E-state index contributed by atoms with van der Waals surface area (Å²) >= 11 is 0. The third-order valence-electron chi connectivity index (χ3n) is 7.47. The van der Waals surface area contributed by atoms with Crippen molar-refractivity contribution in [3.05, 3.63) is 58.7 Å². The molecule has 11 heteroatoms.